The summed E-state index contributed by atoms with van der Waals surface area (Å²) in [5.41, 5.74) is 2.00. The summed E-state index contributed by atoms with van der Waals surface area (Å²) in [5, 5.41) is 2.71. The van der Waals surface area contributed by atoms with Gasteiger partial charge in [0.25, 0.3) is 10.0 Å². The van der Waals surface area contributed by atoms with Gasteiger partial charge in [-0.05, 0) is 68.3 Å². The highest BCUT2D eigenvalue weighted by Crippen LogP contribution is 2.18. The van der Waals surface area contributed by atoms with Crippen LogP contribution < -0.4 is 14.8 Å². The van der Waals surface area contributed by atoms with Gasteiger partial charge in [-0.25, -0.2) is 18.4 Å². The minimum Gasteiger partial charge on any atom is -0.494 e. The number of amides is 1. The second kappa shape index (κ2) is 11.4. The van der Waals surface area contributed by atoms with Crippen LogP contribution in [0.3, 0.4) is 0 Å². The van der Waals surface area contributed by atoms with Gasteiger partial charge < -0.3 is 10.1 Å². The Kier molecular flexibility index (Phi) is 8.37. The number of hydrogen-bond donors (Lipinski definition) is 2. The molecule has 3 aromatic rings. The molecule has 178 valence electrons. The Labute approximate surface area is 200 Å². The molecule has 0 fully saturated rings. The van der Waals surface area contributed by atoms with E-state index in [1.807, 2.05) is 24.3 Å². The number of sulfonamides is 1. The molecule has 0 aliphatic heterocycles. The monoisotopic (exact) mass is 480 g/mol. The first-order valence-corrected chi connectivity index (χ1v) is 12.4. The maximum Gasteiger partial charge on any atom is 0.263 e. The molecule has 0 spiro atoms. The zero-order valence-electron chi connectivity index (χ0n) is 19.4. The lowest BCUT2D eigenvalue weighted by Gasteiger charge is -2.09. The molecule has 1 heterocycles. The number of anilines is 2. The van der Waals surface area contributed by atoms with Gasteiger partial charge in [-0.1, -0.05) is 25.5 Å². The Morgan fingerprint density at radius 1 is 1.03 bits per heavy atom. The number of unbranched alkanes of at least 4 members (excludes halogenated alkanes) is 1. The highest BCUT2D eigenvalue weighted by Gasteiger charge is 2.15. The minimum atomic E-state index is -3.83. The van der Waals surface area contributed by atoms with Crippen LogP contribution in [0, 0.1) is 13.8 Å². The first kappa shape index (κ1) is 24.9. The van der Waals surface area contributed by atoms with Crippen molar-refractivity contribution in [2.24, 2.45) is 0 Å². The number of ether oxygens (including phenoxy) is 1. The van der Waals surface area contributed by atoms with E-state index in [4.69, 9.17) is 4.74 Å². The summed E-state index contributed by atoms with van der Waals surface area (Å²) in [5.74, 6) is 1.14. The van der Waals surface area contributed by atoms with Crippen molar-refractivity contribution in [2.45, 2.75) is 38.5 Å². The number of nitrogens with one attached hydrogen (secondary N) is 2. The summed E-state index contributed by atoms with van der Waals surface area (Å²) in [6.07, 6.45) is 5.19. The quantitative estimate of drug-likeness (QED) is 0.321. The van der Waals surface area contributed by atoms with Gasteiger partial charge in [-0.2, -0.15) is 0 Å². The Balaban J connectivity index is 1.57. The highest BCUT2D eigenvalue weighted by molar-refractivity contribution is 7.92. The van der Waals surface area contributed by atoms with Crippen LogP contribution in [0.25, 0.3) is 6.08 Å². The molecule has 34 heavy (non-hydrogen) atoms. The predicted molar refractivity (Wildman–Crippen MR) is 133 cm³/mol. The van der Waals surface area contributed by atoms with Crippen LogP contribution in [0.1, 0.15) is 36.8 Å². The van der Waals surface area contributed by atoms with Crippen LogP contribution in [0.15, 0.2) is 65.6 Å². The first-order chi connectivity index (χ1) is 16.2. The summed E-state index contributed by atoms with van der Waals surface area (Å²) in [7, 11) is -3.83. The summed E-state index contributed by atoms with van der Waals surface area (Å²) >= 11 is 0. The first-order valence-electron chi connectivity index (χ1n) is 10.9. The average molecular weight is 481 g/mol. The fraction of sp³-hybridized carbons (Fsp3) is 0.240. The Morgan fingerprint density at radius 2 is 1.74 bits per heavy atom. The van der Waals surface area contributed by atoms with Crippen LogP contribution in [0.5, 0.6) is 5.75 Å². The number of hydrogen-bond acceptors (Lipinski definition) is 6. The van der Waals surface area contributed by atoms with E-state index in [9.17, 15) is 13.2 Å². The minimum absolute atomic E-state index is 0.0520. The molecule has 3 rings (SSSR count). The molecule has 0 aliphatic carbocycles. The number of rotatable bonds is 10. The number of carbonyl (C=O) groups excluding carboxylic acids is 1. The Bertz CT molecular complexity index is 1230. The van der Waals surface area contributed by atoms with Gasteiger partial charge in [0.05, 0.1) is 11.5 Å². The van der Waals surface area contributed by atoms with Crippen LogP contribution in [-0.2, 0) is 14.8 Å². The molecular formula is C25H28N4O4S. The van der Waals surface area contributed by atoms with Gasteiger partial charge in [0.2, 0.25) is 5.91 Å². The zero-order valence-corrected chi connectivity index (χ0v) is 20.2. The molecule has 0 aliphatic rings. The molecule has 2 aromatic carbocycles. The number of nitrogens with zero attached hydrogens (tertiary/aromatic N) is 2. The highest BCUT2D eigenvalue weighted by atomic mass is 32.2. The predicted octanol–water partition coefficient (Wildman–Crippen LogP) is 4.73. The molecule has 9 heteroatoms. The largest absolute Gasteiger partial charge is 0.494 e. The normalized spacial score (nSPS) is 11.4. The van der Waals surface area contributed by atoms with Crippen molar-refractivity contribution < 1.29 is 17.9 Å². The molecule has 0 saturated heterocycles. The van der Waals surface area contributed by atoms with Gasteiger partial charge in [-0.15, -0.1) is 0 Å². The Morgan fingerprint density at radius 3 is 2.38 bits per heavy atom. The summed E-state index contributed by atoms with van der Waals surface area (Å²) in [6.45, 7) is 6.24. The number of aryl methyl sites for hydroxylation is 2. The summed E-state index contributed by atoms with van der Waals surface area (Å²) in [4.78, 5) is 20.5. The zero-order chi connectivity index (χ0) is 24.6. The SMILES string of the molecule is CCCCOc1ccc(/C=C/C(=O)Nc2ccc(S(=O)(=O)Nc3cc(C)nc(C)n3)cc2)cc1. The molecule has 0 bridgehead atoms. The van der Waals surface area contributed by atoms with E-state index < -0.39 is 10.0 Å². The third-order valence-electron chi connectivity index (χ3n) is 4.71. The maximum absolute atomic E-state index is 12.6. The van der Waals surface area contributed by atoms with Crippen molar-refractivity contribution in [3.63, 3.8) is 0 Å². The summed E-state index contributed by atoms with van der Waals surface area (Å²) < 4.78 is 33.3. The summed E-state index contributed by atoms with van der Waals surface area (Å²) in [6, 6.07) is 14.9. The third kappa shape index (κ3) is 7.41. The molecule has 8 nitrogen and oxygen atoms in total. The maximum atomic E-state index is 12.6. The van der Waals surface area contributed by atoms with E-state index in [-0.39, 0.29) is 16.6 Å². The van der Waals surface area contributed by atoms with E-state index in [0.717, 1.165) is 24.2 Å². The fourth-order valence-corrected chi connectivity index (χ4v) is 4.04. The molecule has 0 unspecified atom stereocenters. The van der Waals surface area contributed by atoms with Crippen LogP contribution in [-0.4, -0.2) is 30.9 Å². The van der Waals surface area contributed by atoms with Gasteiger partial charge in [0.1, 0.15) is 17.4 Å². The second-order valence-corrected chi connectivity index (χ2v) is 9.35. The number of carbonyl (C=O) groups is 1. The van der Waals surface area contributed by atoms with Gasteiger partial charge in [0.15, 0.2) is 0 Å². The van der Waals surface area contributed by atoms with Crippen molar-refractivity contribution >= 4 is 33.5 Å². The molecule has 2 N–H and O–H groups in total. The lowest BCUT2D eigenvalue weighted by atomic mass is 10.2. The second-order valence-electron chi connectivity index (χ2n) is 7.67. The molecule has 1 aromatic heterocycles. The molecular weight excluding hydrogens is 452 g/mol. The number of benzene rings is 2. The topological polar surface area (TPSA) is 110 Å². The van der Waals surface area contributed by atoms with Crippen LogP contribution >= 0.6 is 0 Å². The van der Waals surface area contributed by atoms with Gasteiger partial charge in [0, 0.05) is 23.5 Å². The van der Waals surface area contributed by atoms with E-state index in [2.05, 4.69) is 26.9 Å². The molecule has 1 amide bonds. The van der Waals surface area contributed by atoms with Crippen molar-refractivity contribution in [3.05, 3.63) is 77.8 Å². The van der Waals surface area contributed by atoms with Gasteiger partial charge in [-0.3, -0.25) is 9.52 Å². The molecule has 0 radical (unpaired) electrons. The van der Waals surface area contributed by atoms with E-state index in [1.54, 1.807) is 26.0 Å². The van der Waals surface area contributed by atoms with Crippen molar-refractivity contribution in [3.8, 4) is 5.75 Å². The lowest BCUT2D eigenvalue weighted by molar-refractivity contribution is -0.111. The van der Waals surface area contributed by atoms with E-state index in [1.165, 1.54) is 30.3 Å². The van der Waals surface area contributed by atoms with Crippen LogP contribution in [0.2, 0.25) is 0 Å². The van der Waals surface area contributed by atoms with E-state index in [0.29, 0.717) is 23.8 Å². The standard InChI is InChI=1S/C25H28N4O4S/c1-4-5-16-33-22-11-6-20(7-12-22)8-15-25(30)28-21-9-13-23(14-10-21)34(31,32)29-24-17-18(2)26-19(3)27-24/h6-15,17H,4-5,16H2,1-3H3,(H,28,30)(H,26,27,29)/b15-8+. The average Bonchev–Trinajstić information content (AvgIpc) is 2.78. The van der Waals surface area contributed by atoms with Crippen molar-refractivity contribution in [1.29, 1.82) is 0 Å². The molecule has 0 saturated carbocycles. The lowest BCUT2D eigenvalue weighted by Crippen LogP contribution is -2.15. The smallest absolute Gasteiger partial charge is 0.263 e. The van der Waals surface area contributed by atoms with Crippen LogP contribution in [0.4, 0.5) is 11.5 Å². The number of aromatic nitrogens is 2. The van der Waals surface area contributed by atoms with Crippen molar-refractivity contribution in [1.82, 2.24) is 9.97 Å². The van der Waals surface area contributed by atoms with E-state index >= 15 is 0 Å². The Hall–Kier alpha value is -3.72. The third-order valence-corrected chi connectivity index (χ3v) is 6.08. The van der Waals surface area contributed by atoms with Gasteiger partial charge >= 0.3 is 0 Å². The molecule has 0 atom stereocenters. The van der Waals surface area contributed by atoms with Crippen molar-refractivity contribution in [2.75, 3.05) is 16.6 Å². The fourth-order valence-electron chi connectivity index (χ4n) is 3.05.